The molecule has 86 valence electrons. The first-order chi connectivity index (χ1) is 8.15. The summed E-state index contributed by atoms with van der Waals surface area (Å²) in [6.45, 7) is 1.53. The molecule has 0 amide bonds. The summed E-state index contributed by atoms with van der Waals surface area (Å²) >= 11 is 5.86. The highest BCUT2D eigenvalue weighted by Crippen LogP contribution is 2.24. The molecule has 0 fully saturated rings. The van der Waals surface area contributed by atoms with Crippen molar-refractivity contribution in [2.75, 3.05) is 0 Å². The van der Waals surface area contributed by atoms with Gasteiger partial charge in [0, 0.05) is 10.6 Å². The average molecular weight is 247 g/mol. The number of ketones is 1. The summed E-state index contributed by atoms with van der Waals surface area (Å²) in [6, 6.07) is 14.2. The zero-order chi connectivity index (χ0) is 12.3. The molecule has 0 aliphatic heterocycles. The molecule has 0 atom stereocenters. The van der Waals surface area contributed by atoms with Gasteiger partial charge in [0.05, 0.1) is 0 Å². The lowest BCUT2D eigenvalue weighted by Gasteiger charge is -2.06. The second-order valence-corrected chi connectivity index (χ2v) is 4.08. The number of carbonyl (C=O) groups is 1. The van der Waals surface area contributed by atoms with Crippen LogP contribution in [0.5, 0.6) is 11.5 Å². The number of hydrogen-bond acceptors (Lipinski definition) is 2. The van der Waals surface area contributed by atoms with E-state index in [0.29, 0.717) is 22.1 Å². The summed E-state index contributed by atoms with van der Waals surface area (Å²) in [5, 5.41) is 0.616. The van der Waals surface area contributed by atoms with E-state index in [9.17, 15) is 4.79 Å². The van der Waals surface area contributed by atoms with Gasteiger partial charge in [-0.1, -0.05) is 29.8 Å². The summed E-state index contributed by atoms with van der Waals surface area (Å²) in [5.41, 5.74) is 0.629. The molecule has 0 spiro atoms. The second kappa shape index (κ2) is 5.02. The van der Waals surface area contributed by atoms with Crippen LogP contribution in [-0.2, 0) is 0 Å². The first kappa shape index (κ1) is 11.7. The van der Waals surface area contributed by atoms with Crippen LogP contribution in [0.15, 0.2) is 48.5 Å². The molecular formula is C14H11ClO2. The van der Waals surface area contributed by atoms with Crippen molar-refractivity contribution in [2.24, 2.45) is 0 Å². The molecule has 0 heterocycles. The Hall–Kier alpha value is -1.80. The largest absolute Gasteiger partial charge is 0.457 e. The van der Waals surface area contributed by atoms with Gasteiger partial charge in [-0.05, 0) is 37.3 Å². The van der Waals surface area contributed by atoms with E-state index >= 15 is 0 Å². The number of carbonyl (C=O) groups excluding carboxylic acids is 1. The van der Waals surface area contributed by atoms with E-state index in [1.165, 1.54) is 6.92 Å². The normalized spacial score (nSPS) is 10.0. The molecule has 0 aliphatic rings. The van der Waals surface area contributed by atoms with Crippen molar-refractivity contribution in [3.05, 3.63) is 59.1 Å². The fourth-order valence-electron chi connectivity index (χ4n) is 1.45. The van der Waals surface area contributed by atoms with Gasteiger partial charge in [-0.15, -0.1) is 0 Å². The number of Topliss-reactive ketones (excluding diaryl/α,β-unsaturated/α-hetero) is 1. The smallest absolute Gasteiger partial charge is 0.159 e. The van der Waals surface area contributed by atoms with Crippen LogP contribution in [0.25, 0.3) is 0 Å². The van der Waals surface area contributed by atoms with E-state index in [1.807, 2.05) is 12.1 Å². The molecule has 0 N–H and O–H groups in total. The van der Waals surface area contributed by atoms with E-state index < -0.39 is 0 Å². The monoisotopic (exact) mass is 246 g/mol. The Kier molecular flexibility index (Phi) is 3.45. The lowest BCUT2D eigenvalue weighted by atomic mass is 10.1. The number of ether oxygens (including phenoxy) is 1. The summed E-state index contributed by atoms with van der Waals surface area (Å²) in [4.78, 5) is 11.2. The molecule has 3 heteroatoms. The topological polar surface area (TPSA) is 26.3 Å². The molecular weight excluding hydrogens is 236 g/mol. The maximum absolute atomic E-state index is 11.2. The quantitative estimate of drug-likeness (QED) is 0.754. The second-order valence-electron chi connectivity index (χ2n) is 3.64. The molecule has 0 bridgehead atoms. The van der Waals surface area contributed by atoms with Crippen LogP contribution in [0.4, 0.5) is 0 Å². The van der Waals surface area contributed by atoms with Crippen LogP contribution in [-0.4, -0.2) is 5.78 Å². The van der Waals surface area contributed by atoms with E-state index in [1.54, 1.807) is 36.4 Å². The van der Waals surface area contributed by atoms with Gasteiger partial charge < -0.3 is 4.74 Å². The predicted molar refractivity (Wildman–Crippen MR) is 68.0 cm³/mol. The van der Waals surface area contributed by atoms with Crippen molar-refractivity contribution in [1.29, 1.82) is 0 Å². The Morgan fingerprint density at radius 3 is 2.35 bits per heavy atom. The van der Waals surface area contributed by atoms with Gasteiger partial charge in [-0.3, -0.25) is 4.79 Å². The van der Waals surface area contributed by atoms with E-state index in [4.69, 9.17) is 16.3 Å². The van der Waals surface area contributed by atoms with Crippen molar-refractivity contribution < 1.29 is 9.53 Å². The van der Waals surface area contributed by atoms with Gasteiger partial charge in [0.15, 0.2) is 5.78 Å². The molecule has 0 saturated carbocycles. The summed E-state index contributed by atoms with van der Waals surface area (Å²) in [7, 11) is 0. The Balaban J connectivity index is 2.24. The first-order valence-corrected chi connectivity index (χ1v) is 5.57. The summed E-state index contributed by atoms with van der Waals surface area (Å²) < 4.78 is 5.61. The minimum absolute atomic E-state index is 0.0153. The standard InChI is InChI=1S/C14H11ClO2/c1-10(16)11-4-2-6-13(8-11)17-14-7-3-5-12(15)9-14/h2-9H,1H3. The van der Waals surface area contributed by atoms with Gasteiger partial charge in [-0.25, -0.2) is 0 Å². The third-order valence-corrected chi connectivity index (χ3v) is 2.51. The molecule has 2 nitrogen and oxygen atoms in total. The van der Waals surface area contributed by atoms with Crippen molar-refractivity contribution >= 4 is 17.4 Å². The van der Waals surface area contributed by atoms with Crippen LogP contribution in [0.2, 0.25) is 5.02 Å². The lowest BCUT2D eigenvalue weighted by Crippen LogP contribution is -1.92. The fraction of sp³-hybridized carbons (Fsp3) is 0.0714. The molecule has 2 aromatic carbocycles. The highest BCUT2D eigenvalue weighted by Gasteiger charge is 2.02. The third-order valence-electron chi connectivity index (χ3n) is 2.27. The molecule has 0 saturated heterocycles. The van der Waals surface area contributed by atoms with Crippen LogP contribution >= 0.6 is 11.6 Å². The van der Waals surface area contributed by atoms with Gasteiger partial charge in [-0.2, -0.15) is 0 Å². The van der Waals surface area contributed by atoms with E-state index in [-0.39, 0.29) is 5.78 Å². The number of halogens is 1. The highest BCUT2D eigenvalue weighted by molar-refractivity contribution is 6.30. The molecule has 2 rings (SSSR count). The zero-order valence-electron chi connectivity index (χ0n) is 9.31. The molecule has 17 heavy (non-hydrogen) atoms. The van der Waals surface area contributed by atoms with Crippen molar-refractivity contribution in [1.82, 2.24) is 0 Å². The Morgan fingerprint density at radius 1 is 1.06 bits per heavy atom. The summed E-state index contributed by atoms with van der Waals surface area (Å²) in [5.74, 6) is 1.29. The van der Waals surface area contributed by atoms with Gasteiger partial charge in [0.2, 0.25) is 0 Å². The van der Waals surface area contributed by atoms with Gasteiger partial charge in [0.25, 0.3) is 0 Å². The Labute approximate surface area is 105 Å². The average Bonchev–Trinajstić information content (AvgIpc) is 2.29. The molecule has 2 aromatic rings. The van der Waals surface area contributed by atoms with E-state index in [2.05, 4.69) is 0 Å². The van der Waals surface area contributed by atoms with Crippen molar-refractivity contribution in [3.63, 3.8) is 0 Å². The zero-order valence-corrected chi connectivity index (χ0v) is 10.1. The van der Waals surface area contributed by atoms with Crippen LogP contribution in [0, 0.1) is 0 Å². The third kappa shape index (κ3) is 3.08. The van der Waals surface area contributed by atoms with Gasteiger partial charge >= 0.3 is 0 Å². The number of rotatable bonds is 3. The molecule has 0 unspecified atom stereocenters. The number of benzene rings is 2. The molecule has 0 aromatic heterocycles. The van der Waals surface area contributed by atoms with Crippen molar-refractivity contribution in [2.45, 2.75) is 6.92 Å². The van der Waals surface area contributed by atoms with Crippen LogP contribution in [0.3, 0.4) is 0 Å². The van der Waals surface area contributed by atoms with Gasteiger partial charge in [0.1, 0.15) is 11.5 Å². The first-order valence-electron chi connectivity index (χ1n) is 5.19. The number of hydrogen-bond donors (Lipinski definition) is 0. The predicted octanol–water partition coefficient (Wildman–Crippen LogP) is 4.33. The van der Waals surface area contributed by atoms with E-state index in [0.717, 1.165) is 0 Å². The minimum atomic E-state index is 0.0153. The van der Waals surface area contributed by atoms with Crippen molar-refractivity contribution in [3.8, 4) is 11.5 Å². The maximum Gasteiger partial charge on any atom is 0.159 e. The minimum Gasteiger partial charge on any atom is -0.457 e. The lowest BCUT2D eigenvalue weighted by molar-refractivity contribution is 0.101. The molecule has 0 aliphatic carbocycles. The van der Waals surface area contributed by atoms with Crippen LogP contribution in [0.1, 0.15) is 17.3 Å². The fourth-order valence-corrected chi connectivity index (χ4v) is 1.63. The SMILES string of the molecule is CC(=O)c1cccc(Oc2cccc(Cl)c2)c1. The maximum atomic E-state index is 11.2. The molecule has 0 radical (unpaired) electrons. The Bertz CT molecular complexity index is 549. The highest BCUT2D eigenvalue weighted by atomic mass is 35.5. The summed E-state index contributed by atoms with van der Waals surface area (Å²) in [6.07, 6.45) is 0. The van der Waals surface area contributed by atoms with Crippen LogP contribution < -0.4 is 4.74 Å². The Morgan fingerprint density at radius 2 is 1.71 bits per heavy atom.